The molecule has 0 amide bonds. The third kappa shape index (κ3) is 3.69. The van der Waals surface area contributed by atoms with E-state index < -0.39 is 0 Å². The molecule has 5 rings (SSSR count). The van der Waals surface area contributed by atoms with Crippen LogP contribution in [-0.4, -0.2) is 13.1 Å². The van der Waals surface area contributed by atoms with E-state index in [9.17, 15) is 0 Å². The molecular weight excluding hydrogens is 352 g/mol. The molecule has 0 atom stereocenters. The van der Waals surface area contributed by atoms with Crippen LogP contribution in [0.2, 0.25) is 0 Å². The molecule has 0 aliphatic rings. The highest BCUT2D eigenvalue weighted by molar-refractivity contribution is 6.23. The molecule has 5 aromatic rings. The maximum absolute atomic E-state index is 3.63. The number of nitrogens with one attached hydrogen (secondary N) is 2. The summed E-state index contributed by atoms with van der Waals surface area (Å²) in [7, 11) is 0. The van der Waals surface area contributed by atoms with Gasteiger partial charge in [-0.05, 0) is 63.0 Å². The Balaban J connectivity index is 1.23. The van der Waals surface area contributed by atoms with Gasteiger partial charge in [0.1, 0.15) is 0 Å². The first kappa shape index (κ1) is 18.1. The lowest BCUT2D eigenvalue weighted by molar-refractivity contribution is 0.596. The van der Waals surface area contributed by atoms with Crippen LogP contribution in [0.25, 0.3) is 32.3 Å². The summed E-state index contributed by atoms with van der Waals surface area (Å²) in [6, 6.07) is 30.8. The molecule has 0 saturated heterocycles. The largest absolute Gasteiger partial charge is 0.313 e. The second-order valence-electron chi connectivity index (χ2n) is 7.77. The van der Waals surface area contributed by atoms with E-state index >= 15 is 0 Å². The van der Waals surface area contributed by atoms with Crippen molar-refractivity contribution in [2.45, 2.75) is 19.5 Å². The van der Waals surface area contributed by atoms with Gasteiger partial charge >= 0.3 is 0 Å². The van der Waals surface area contributed by atoms with E-state index in [1.165, 1.54) is 43.4 Å². The maximum atomic E-state index is 3.63. The number of rotatable bonds is 8. The first-order valence-electron chi connectivity index (χ1n) is 10.5. The van der Waals surface area contributed by atoms with Crippen molar-refractivity contribution < 1.29 is 0 Å². The Morgan fingerprint density at radius 2 is 1.17 bits per heavy atom. The lowest BCUT2D eigenvalue weighted by Gasteiger charge is -2.14. The van der Waals surface area contributed by atoms with Gasteiger partial charge in [-0.2, -0.15) is 0 Å². The van der Waals surface area contributed by atoms with Gasteiger partial charge in [-0.3, -0.25) is 0 Å². The molecule has 0 saturated carbocycles. The third-order valence-corrected chi connectivity index (χ3v) is 5.81. The molecule has 0 bridgehead atoms. The average Bonchev–Trinajstić information content (AvgIpc) is 2.78. The van der Waals surface area contributed by atoms with Crippen molar-refractivity contribution in [3.63, 3.8) is 0 Å². The van der Waals surface area contributed by atoms with E-state index in [1.807, 2.05) is 0 Å². The van der Waals surface area contributed by atoms with Crippen molar-refractivity contribution in [3.05, 3.63) is 96.1 Å². The Labute approximate surface area is 171 Å². The van der Waals surface area contributed by atoms with Crippen LogP contribution >= 0.6 is 0 Å². The van der Waals surface area contributed by atoms with Crippen LogP contribution in [-0.2, 0) is 13.1 Å². The van der Waals surface area contributed by atoms with Crippen LogP contribution in [0.1, 0.15) is 17.5 Å². The minimum Gasteiger partial charge on any atom is -0.313 e. The van der Waals surface area contributed by atoms with E-state index in [-0.39, 0.29) is 0 Å². The van der Waals surface area contributed by atoms with Gasteiger partial charge in [-0.1, -0.05) is 84.9 Å². The molecule has 0 unspecified atom stereocenters. The molecule has 144 valence electrons. The fourth-order valence-electron chi connectivity index (χ4n) is 4.34. The topological polar surface area (TPSA) is 24.1 Å². The molecule has 5 aromatic carbocycles. The Bertz CT molecular complexity index is 1210. The molecule has 2 nitrogen and oxygen atoms in total. The molecule has 29 heavy (non-hydrogen) atoms. The smallest absolute Gasteiger partial charge is 0.0211 e. The summed E-state index contributed by atoms with van der Waals surface area (Å²) in [5, 5.41) is 15.3. The molecular formula is C27H26N2. The summed E-state index contributed by atoms with van der Waals surface area (Å²) < 4.78 is 0. The molecule has 2 N–H and O–H groups in total. The van der Waals surface area contributed by atoms with Crippen LogP contribution in [0.15, 0.2) is 84.9 Å². The van der Waals surface area contributed by atoms with Crippen molar-refractivity contribution in [2.24, 2.45) is 0 Å². The van der Waals surface area contributed by atoms with Crippen molar-refractivity contribution in [1.82, 2.24) is 10.6 Å². The summed E-state index contributed by atoms with van der Waals surface area (Å²) in [5.41, 5.74) is 2.72. The minimum atomic E-state index is 0.910. The summed E-state index contributed by atoms with van der Waals surface area (Å²) in [4.78, 5) is 0. The van der Waals surface area contributed by atoms with Gasteiger partial charge in [-0.25, -0.2) is 0 Å². The molecule has 0 aromatic heterocycles. The van der Waals surface area contributed by atoms with Gasteiger partial charge in [0.25, 0.3) is 0 Å². The highest BCUT2D eigenvalue weighted by Crippen LogP contribution is 2.35. The molecule has 0 radical (unpaired) electrons. The monoisotopic (exact) mass is 378 g/mol. The van der Waals surface area contributed by atoms with Crippen molar-refractivity contribution in [1.29, 1.82) is 0 Å². The normalized spacial score (nSPS) is 11.7. The number of hydrogen-bond donors (Lipinski definition) is 2. The summed E-state index contributed by atoms with van der Waals surface area (Å²) in [6.07, 6.45) is 1.12. The lowest BCUT2D eigenvalue weighted by Crippen LogP contribution is -2.21. The van der Waals surface area contributed by atoms with E-state index in [2.05, 4.69) is 95.6 Å². The molecule has 0 aliphatic carbocycles. The van der Waals surface area contributed by atoms with E-state index in [0.29, 0.717) is 0 Å². The number of benzene rings is 5. The Morgan fingerprint density at radius 1 is 0.517 bits per heavy atom. The minimum absolute atomic E-state index is 0.910. The first-order chi connectivity index (χ1) is 14.4. The highest BCUT2D eigenvalue weighted by Gasteiger charge is 2.10. The van der Waals surface area contributed by atoms with Crippen LogP contribution < -0.4 is 10.6 Å². The Morgan fingerprint density at radius 3 is 1.97 bits per heavy atom. The van der Waals surface area contributed by atoms with Gasteiger partial charge < -0.3 is 10.6 Å². The third-order valence-electron chi connectivity index (χ3n) is 5.81. The van der Waals surface area contributed by atoms with Gasteiger partial charge in [0, 0.05) is 13.1 Å². The molecule has 2 heteroatoms. The van der Waals surface area contributed by atoms with Crippen LogP contribution in [0.3, 0.4) is 0 Å². The predicted molar refractivity (Wildman–Crippen MR) is 125 cm³/mol. The zero-order chi connectivity index (χ0) is 19.5. The predicted octanol–water partition coefficient (Wildman–Crippen LogP) is 5.85. The molecule has 0 fully saturated rings. The van der Waals surface area contributed by atoms with E-state index in [1.54, 1.807) is 0 Å². The van der Waals surface area contributed by atoms with Crippen molar-refractivity contribution >= 4 is 32.3 Å². The summed E-state index contributed by atoms with van der Waals surface area (Å²) in [5.74, 6) is 0. The Kier molecular flexibility index (Phi) is 5.12. The zero-order valence-corrected chi connectivity index (χ0v) is 16.6. The van der Waals surface area contributed by atoms with Crippen molar-refractivity contribution in [3.8, 4) is 0 Å². The van der Waals surface area contributed by atoms with Gasteiger partial charge in [0.2, 0.25) is 0 Å². The first-order valence-corrected chi connectivity index (χ1v) is 10.5. The zero-order valence-electron chi connectivity index (χ0n) is 16.6. The summed E-state index contributed by atoms with van der Waals surface area (Å²) in [6.45, 7) is 3.90. The second kappa shape index (κ2) is 8.20. The van der Waals surface area contributed by atoms with Crippen molar-refractivity contribution in [2.75, 3.05) is 13.1 Å². The van der Waals surface area contributed by atoms with Crippen LogP contribution in [0.4, 0.5) is 0 Å². The second-order valence-corrected chi connectivity index (χ2v) is 7.77. The standard InChI is InChI=1S/C27H26N2/c1-2-6-20(7-3-1)18-28-16-5-17-29-19-24-13-12-23-11-10-21-8-4-9-22-14-15-25(24)27(23)26(21)22/h1-4,6-15,28-29H,5,16-19H2. The van der Waals surface area contributed by atoms with Crippen LogP contribution in [0, 0.1) is 0 Å². The number of hydrogen-bond acceptors (Lipinski definition) is 2. The lowest BCUT2D eigenvalue weighted by atomic mass is 9.92. The van der Waals surface area contributed by atoms with Gasteiger partial charge in [0.05, 0.1) is 0 Å². The fraction of sp³-hybridized carbons (Fsp3) is 0.185. The molecule has 0 heterocycles. The average molecular weight is 379 g/mol. The fourth-order valence-corrected chi connectivity index (χ4v) is 4.34. The quantitative estimate of drug-likeness (QED) is 0.261. The SMILES string of the molecule is c1ccc(CNCCCNCc2ccc3ccc4cccc5ccc2c3c45)cc1. The molecule has 0 aliphatic heterocycles. The Hall–Kier alpha value is -2.94. The van der Waals surface area contributed by atoms with Gasteiger partial charge in [0.15, 0.2) is 0 Å². The van der Waals surface area contributed by atoms with E-state index in [4.69, 9.17) is 0 Å². The summed E-state index contributed by atoms with van der Waals surface area (Å²) >= 11 is 0. The highest BCUT2D eigenvalue weighted by atomic mass is 14.9. The van der Waals surface area contributed by atoms with Crippen LogP contribution in [0.5, 0.6) is 0 Å². The van der Waals surface area contributed by atoms with Gasteiger partial charge in [-0.15, -0.1) is 0 Å². The maximum Gasteiger partial charge on any atom is 0.0211 e. The van der Waals surface area contributed by atoms with E-state index in [0.717, 1.165) is 32.6 Å². The molecule has 0 spiro atoms.